The van der Waals surface area contributed by atoms with E-state index >= 15 is 0 Å². The number of hydrogen-bond acceptors (Lipinski definition) is 4. The van der Waals surface area contributed by atoms with Crippen LogP contribution in [0.5, 0.6) is 5.75 Å². The van der Waals surface area contributed by atoms with Crippen molar-refractivity contribution in [2.75, 3.05) is 20.2 Å². The molecule has 0 aliphatic heterocycles. The molecule has 2 unspecified atom stereocenters. The van der Waals surface area contributed by atoms with Crippen LogP contribution in [-0.4, -0.2) is 34.7 Å². The van der Waals surface area contributed by atoms with Crippen LogP contribution in [0.15, 0.2) is 77.7 Å². The lowest BCUT2D eigenvalue weighted by Crippen LogP contribution is -2.42. The molecule has 2 aliphatic rings. The van der Waals surface area contributed by atoms with E-state index in [4.69, 9.17) is 16.3 Å². The van der Waals surface area contributed by atoms with Gasteiger partial charge in [-0.05, 0) is 116 Å². The van der Waals surface area contributed by atoms with Crippen LogP contribution in [0, 0.1) is 11.8 Å². The second-order valence-electron chi connectivity index (χ2n) is 11.1. The van der Waals surface area contributed by atoms with Gasteiger partial charge in [-0.1, -0.05) is 48.0 Å². The summed E-state index contributed by atoms with van der Waals surface area (Å²) >= 11 is 6.15. The van der Waals surface area contributed by atoms with E-state index in [1.54, 1.807) is 31.4 Å². The van der Waals surface area contributed by atoms with Gasteiger partial charge in [-0.3, -0.25) is 0 Å². The van der Waals surface area contributed by atoms with E-state index < -0.39 is 10.0 Å². The summed E-state index contributed by atoms with van der Waals surface area (Å²) in [4.78, 5) is 0.337. The standard InChI is InChI=1S/C32H39ClN2O3S/c1-38-28-16-17-30-26(20-28)13-18-32(31(30)19-23-11-14-27(33)15-12-23)34-21-24-7-9-25(10-8-24)22-35-39(36,37)29-5-3-2-4-6-29/h2-6,11-12,14-17,20,24-25,31-32,34-35H,7-10,13,18-19,21-22H2,1H3. The lowest BCUT2D eigenvalue weighted by atomic mass is 9.75. The smallest absolute Gasteiger partial charge is 0.240 e. The molecule has 0 bridgehead atoms. The van der Waals surface area contributed by atoms with Gasteiger partial charge in [0.05, 0.1) is 12.0 Å². The Bertz CT molecular complexity index is 1320. The number of methoxy groups -OCH3 is 1. The molecule has 0 saturated heterocycles. The van der Waals surface area contributed by atoms with Crippen molar-refractivity contribution in [1.82, 2.24) is 10.0 Å². The van der Waals surface area contributed by atoms with Gasteiger partial charge in [0.25, 0.3) is 0 Å². The monoisotopic (exact) mass is 566 g/mol. The van der Waals surface area contributed by atoms with Gasteiger partial charge >= 0.3 is 0 Å². The molecule has 208 valence electrons. The van der Waals surface area contributed by atoms with E-state index in [2.05, 4.69) is 40.4 Å². The van der Waals surface area contributed by atoms with Crippen LogP contribution in [0.2, 0.25) is 5.02 Å². The molecule has 0 spiro atoms. The predicted molar refractivity (Wildman–Crippen MR) is 158 cm³/mol. The Morgan fingerprint density at radius 1 is 0.872 bits per heavy atom. The quantitative estimate of drug-likeness (QED) is 0.299. The van der Waals surface area contributed by atoms with E-state index in [1.807, 2.05) is 18.2 Å². The highest BCUT2D eigenvalue weighted by Gasteiger charge is 2.31. The van der Waals surface area contributed by atoms with Gasteiger partial charge in [0.2, 0.25) is 10.0 Å². The van der Waals surface area contributed by atoms with Crippen molar-refractivity contribution in [3.05, 3.63) is 94.5 Å². The molecule has 1 fully saturated rings. The maximum Gasteiger partial charge on any atom is 0.240 e. The van der Waals surface area contributed by atoms with E-state index in [0.29, 0.717) is 35.2 Å². The first-order chi connectivity index (χ1) is 18.9. The van der Waals surface area contributed by atoms with Crippen LogP contribution >= 0.6 is 11.6 Å². The molecular weight excluding hydrogens is 528 g/mol. The van der Waals surface area contributed by atoms with Crippen LogP contribution in [0.25, 0.3) is 0 Å². The maximum atomic E-state index is 12.6. The van der Waals surface area contributed by atoms with Crippen molar-refractivity contribution in [2.24, 2.45) is 11.8 Å². The minimum absolute atomic E-state index is 0.337. The van der Waals surface area contributed by atoms with Crippen molar-refractivity contribution in [1.29, 1.82) is 0 Å². The second kappa shape index (κ2) is 12.9. The van der Waals surface area contributed by atoms with Crippen LogP contribution in [0.1, 0.15) is 54.7 Å². The first-order valence-electron chi connectivity index (χ1n) is 14.1. The van der Waals surface area contributed by atoms with Crippen LogP contribution in [0.3, 0.4) is 0 Å². The Kier molecular flexibility index (Phi) is 9.28. The number of benzene rings is 3. The molecule has 7 heteroatoms. The fraction of sp³-hybridized carbons (Fsp3) is 0.438. The molecule has 3 aromatic carbocycles. The van der Waals surface area contributed by atoms with Crippen molar-refractivity contribution in [3.8, 4) is 5.75 Å². The van der Waals surface area contributed by atoms with Crippen LogP contribution in [0.4, 0.5) is 0 Å². The first kappa shape index (κ1) is 28.2. The normalized spacial score (nSPS) is 23.2. The summed E-state index contributed by atoms with van der Waals surface area (Å²) in [5.41, 5.74) is 4.12. The molecule has 0 radical (unpaired) electrons. The molecular formula is C32H39ClN2O3S. The van der Waals surface area contributed by atoms with Gasteiger partial charge in [0.15, 0.2) is 0 Å². The topological polar surface area (TPSA) is 67.4 Å². The highest BCUT2D eigenvalue weighted by molar-refractivity contribution is 7.89. The number of fused-ring (bicyclic) bond motifs is 1. The Morgan fingerprint density at radius 2 is 1.56 bits per heavy atom. The molecule has 2 aliphatic carbocycles. The zero-order valence-corrected chi connectivity index (χ0v) is 24.2. The molecule has 5 nitrogen and oxygen atoms in total. The molecule has 0 aromatic heterocycles. The maximum absolute atomic E-state index is 12.6. The second-order valence-corrected chi connectivity index (χ2v) is 13.3. The third-order valence-corrected chi connectivity index (χ3v) is 10.3. The number of rotatable bonds is 10. The summed E-state index contributed by atoms with van der Waals surface area (Å²) in [6, 6.07) is 23.8. The Labute approximate surface area is 238 Å². The van der Waals surface area contributed by atoms with E-state index in [9.17, 15) is 8.42 Å². The summed E-state index contributed by atoms with van der Waals surface area (Å²) < 4.78 is 33.5. The Morgan fingerprint density at radius 3 is 2.26 bits per heavy atom. The average Bonchev–Trinajstić information content (AvgIpc) is 2.97. The Balaban J connectivity index is 1.16. The van der Waals surface area contributed by atoms with Crippen LogP contribution in [-0.2, 0) is 22.9 Å². The number of aryl methyl sites for hydroxylation is 1. The molecule has 1 saturated carbocycles. The first-order valence-corrected chi connectivity index (χ1v) is 16.0. The predicted octanol–water partition coefficient (Wildman–Crippen LogP) is 6.36. The fourth-order valence-electron chi connectivity index (χ4n) is 6.26. The summed E-state index contributed by atoms with van der Waals surface area (Å²) in [6.07, 6.45) is 7.52. The number of ether oxygens (including phenoxy) is 1. The van der Waals surface area contributed by atoms with Crippen molar-refractivity contribution < 1.29 is 13.2 Å². The fourth-order valence-corrected chi connectivity index (χ4v) is 7.52. The highest BCUT2D eigenvalue weighted by atomic mass is 35.5. The SMILES string of the molecule is COc1ccc2c(c1)CCC(NCC1CCC(CNS(=O)(=O)c3ccccc3)CC1)C2Cc1ccc(Cl)cc1. The minimum atomic E-state index is -3.44. The highest BCUT2D eigenvalue weighted by Crippen LogP contribution is 2.37. The Hall–Kier alpha value is -2.38. The summed E-state index contributed by atoms with van der Waals surface area (Å²) in [7, 11) is -1.71. The lowest BCUT2D eigenvalue weighted by molar-refractivity contribution is 0.252. The molecule has 5 rings (SSSR count). The van der Waals surface area contributed by atoms with Gasteiger partial charge in [-0.15, -0.1) is 0 Å². The number of halogens is 1. The number of sulfonamides is 1. The zero-order valence-electron chi connectivity index (χ0n) is 22.6. The van der Waals surface area contributed by atoms with E-state index in [0.717, 1.165) is 62.3 Å². The van der Waals surface area contributed by atoms with Crippen LogP contribution < -0.4 is 14.8 Å². The number of nitrogens with one attached hydrogen (secondary N) is 2. The van der Waals surface area contributed by atoms with E-state index in [-0.39, 0.29) is 0 Å². The molecule has 39 heavy (non-hydrogen) atoms. The molecule has 0 amide bonds. The zero-order chi connectivity index (χ0) is 27.2. The third kappa shape index (κ3) is 7.23. The lowest BCUT2D eigenvalue weighted by Gasteiger charge is -2.37. The summed E-state index contributed by atoms with van der Waals surface area (Å²) in [6.45, 7) is 1.53. The van der Waals surface area contributed by atoms with Crippen molar-refractivity contribution in [3.63, 3.8) is 0 Å². The molecule has 3 aromatic rings. The number of hydrogen-bond donors (Lipinski definition) is 2. The molecule has 0 heterocycles. The third-order valence-electron chi connectivity index (χ3n) is 8.58. The molecule has 2 atom stereocenters. The van der Waals surface area contributed by atoms with Crippen molar-refractivity contribution >= 4 is 21.6 Å². The van der Waals surface area contributed by atoms with Gasteiger partial charge in [-0.25, -0.2) is 13.1 Å². The summed E-state index contributed by atoms with van der Waals surface area (Å²) in [5, 5.41) is 4.74. The summed E-state index contributed by atoms with van der Waals surface area (Å²) in [5.74, 6) is 2.34. The van der Waals surface area contributed by atoms with Crippen molar-refractivity contribution in [2.45, 2.75) is 61.8 Å². The minimum Gasteiger partial charge on any atom is -0.497 e. The van der Waals surface area contributed by atoms with Gasteiger partial charge in [-0.2, -0.15) is 0 Å². The molecule has 2 N–H and O–H groups in total. The largest absolute Gasteiger partial charge is 0.497 e. The average molecular weight is 567 g/mol. The van der Waals surface area contributed by atoms with E-state index in [1.165, 1.54) is 16.7 Å². The van der Waals surface area contributed by atoms with Gasteiger partial charge in [0, 0.05) is 23.5 Å². The van der Waals surface area contributed by atoms with Gasteiger partial charge < -0.3 is 10.1 Å². The van der Waals surface area contributed by atoms with Gasteiger partial charge in [0.1, 0.15) is 5.75 Å².